The highest BCUT2D eigenvalue weighted by atomic mass is 16.5. The van der Waals surface area contributed by atoms with Gasteiger partial charge in [0.05, 0.1) is 31.4 Å². The molecule has 1 heterocycles. The van der Waals surface area contributed by atoms with Crippen LogP contribution in [0.3, 0.4) is 0 Å². The number of anilines is 1. The van der Waals surface area contributed by atoms with E-state index in [2.05, 4.69) is 6.92 Å². The predicted octanol–water partition coefficient (Wildman–Crippen LogP) is 6.68. The Morgan fingerprint density at radius 3 is 2.13 bits per heavy atom. The number of nitrogens with zero attached hydrogens (tertiary/aromatic N) is 1. The van der Waals surface area contributed by atoms with Gasteiger partial charge in [0, 0.05) is 17.3 Å². The smallest absolute Gasteiger partial charge is 0.300 e. The zero-order valence-corrected chi connectivity index (χ0v) is 22.7. The van der Waals surface area contributed by atoms with Crippen molar-refractivity contribution in [3.63, 3.8) is 0 Å². The molecule has 1 aliphatic heterocycles. The number of rotatable bonds is 12. The van der Waals surface area contributed by atoms with Gasteiger partial charge in [-0.2, -0.15) is 0 Å². The number of aliphatic hydroxyl groups excluding tert-OH is 1. The second kappa shape index (κ2) is 13.0. The lowest BCUT2D eigenvalue weighted by Gasteiger charge is -2.26. The quantitative estimate of drug-likeness (QED) is 0.122. The van der Waals surface area contributed by atoms with Gasteiger partial charge in [0.1, 0.15) is 23.0 Å². The van der Waals surface area contributed by atoms with Crippen molar-refractivity contribution in [2.75, 3.05) is 24.7 Å². The van der Waals surface area contributed by atoms with Crippen molar-refractivity contribution in [1.29, 1.82) is 0 Å². The second-order valence-electron chi connectivity index (χ2n) is 9.18. The van der Waals surface area contributed by atoms with Gasteiger partial charge in [-0.3, -0.25) is 14.5 Å². The van der Waals surface area contributed by atoms with Gasteiger partial charge in [0.25, 0.3) is 11.7 Å². The summed E-state index contributed by atoms with van der Waals surface area (Å²) >= 11 is 0. The third-order valence-electron chi connectivity index (χ3n) is 6.48. The Bertz CT molecular complexity index is 1330. The number of benzene rings is 3. The van der Waals surface area contributed by atoms with Crippen molar-refractivity contribution in [2.45, 2.75) is 46.1 Å². The second-order valence-corrected chi connectivity index (χ2v) is 9.18. The summed E-state index contributed by atoms with van der Waals surface area (Å²) in [6.45, 7) is 7.43. The van der Waals surface area contributed by atoms with E-state index < -0.39 is 17.7 Å². The van der Waals surface area contributed by atoms with Crippen LogP contribution < -0.4 is 19.1 Å². The number of carbonyl (C=O) groups is 2. The number of hydrogen-bond acceptors (Lipinski definition) is 6. The lowest BCUT2D eigenvalue weighted by molar-refractivity contribution is -0.132. The molecule has 1 aliphatic rings. The average Bonchev–Trinajstić information content (AvgIpc) is 3.22. The van der Waals surface area contributed by atoms with Gasteiger partial charge >= 0.3 is 0 Å². The molecular weight excluding hydrogens is 494 g/mol. The predicted molar refractivity (Wildman–Crippen MR) is 151 cm³/mol. The maximum atomic E-state index is 13.5. The van der Waals surface area contributed by atoms with E-state index in [4.69, 9.17) is 14.2 Å². The number of amides is 1. The first-order valence-electron chi connectivity index (χ1n) is 13.5. The third-order valence-corrected chi connectivity index (χ3v) is 6.48. The van der Waals surface area contributed by atoms with Crippen molar-refractivity contribution in [3.05, 3.63) is 89.5 Å². The van der Waals surface area contributed by atoms with Crippen molar-refractivity contribution in [1.82, 2.24) is 0 Å². The fourth-order valence-electron chi connectivity index (χ4n) is 4.65. The molecule has 7 heteroatoms. The molecule has 0 radical (unpaired) electrons. The van der Waals surface area contributed by atoms with Crippen molar-refractivity contribution < 1.29 is 28.9 Å². The van der Waals surface area contributed by atoms with E-state index in [9.17, 15) is 14.7 Å². The van der Waals surface area contributed by atoms with E-state index in [-0.39, 0.29) is 11.3 Å². The normalized spacial score (nSPS) is 16.4. The van der Waals surface area contributed by atoms with Crippen molar-refractivity contribution in [3.8, 4) is 17.2 Å². The van der Waals surface area contributed by atoms with E-state index in [0.29, 0.717) is 53.9 Å². The summed E-state index contributed by atoms with van der Waals surface area (Å²) in [6, 6.07) is 20.3. The van der Waals surface area contributed by atoms with Gasteiger partial charge < -0.3 is 19.3 Å². The number of ether oxygens (including phenoxy) is 3. The molecule has 0 bridgehead atoms. The fourth-order valence-corrected chi connectivity index (χ4v) is 4.65. The van der Waals surface area contributed by atoms with E-state index in [1.165, 1.54) is 4.90 Å². The first-order chi connectivity index (χ1) is 19.0. The summed E-state index contributed by atoms with van der Waals surface area (Å²) in [4.78, 5) is 28.4. The van der Waals surface area contributed by atoms with Gasteiger partial charge in [0.15, 0.2) is 0 Å². The number of ketones is 1. The van der Waals surface area contributed by atoms with Gasteiger partial charge in [-0.15, -0.1) is 0 Å². The lowest BCUT2D eigenvalue weighted by Crippen LogP contribution is -2.29. The van der Waals surface area contributed by atoms with Crippen molar-refractivity contribution >= 4 is 23.1 Å². The Labute approximate surface area is 229 Å². The first kappa shape index (κ1) is 27.8. The van der Waals surface area contributed by atoms with Crippen molar-refractivity contribution in [2.24, 2.45) is 0 Å². The largest absolute Gasteiger partial charge is 0.507 e. The van der Waals surface area contributed by atoms with Gasteiger partial charge in [-0.05, 0) is 74.4 Å². The Balaban J connectivity index is 1.78. The molecular formula is C32H35NO6. The summed E-state index contributed by atoms with van der Waals surface area (Å²) in [6.07, 6.45) is 3.17. The van der Waals surface area contributed by atoms with Crippen LogP contribution in [-0.2, 0) is 9.59 Å². The van der Waals surface area contributed by atoms with Crippen LogP contribution in [0.25, 0.3) is 5.76 Å². The summed E-state index contributed by atoms with van der Waals surface area (Å²) in [7, 11) is 0. The minimum Gasteiger partial charge on any atom is -0.507 e. The Kier molecular flexibility index (Phi) is 9.26. The monoisotopic (exact) mass is 529 g/mol. The molecule has 1 fully saturated rings. The van der Waals surface area contributed by atoms with Crippen LogP contribution in [0.15, 0.2) is 78.4 Å². The average molecular weight is 530 g/mol. The van der Waals surface area contributed by atoms with Crippen LogP contribution in [0.4, 0.5) is 5.69 Å². The van der Waals surface area contributed by atoms with Gasteiger partial charge in [0.2, 0.25) is 0 Å². The summed E-state index contributed by atoms with van der Waals surface area (Å²) < 4.78 is 17.1. The number of carbonyl (C=O) groups excluding carboxylic acids is 2. The first-order valence-corrected chi connectivity index (χ1v) is 13.5. The van der Waals surface area contributed by atoms with Crippen LogP contribution in [0.2, 0.25) is 0 Å². The van der Waals surface area contributed by atoms with Gasteiger partial charge in [-0.1, -0.05) is 38.0 Å². The minimum absolute atomic E-state index is 0.00655. The number of hydrogen-bond donors (Lipinski definition) is 1. The molecule has 0 aliphatic carbocycles. The Hall–Kier alpha value is -4.26. The molecule has 1 atom stereocenters. The molecule has 39 heavy (non-hydrogen) atoms. The Morgan fingerprint density at radius 2 is 1.46 bits per heavy atom. The molecule has 3 aromatic carbocycles. The highest BCUT2D eigenvalue weighted by molar-refractivity contribution is 6.51. The van der Waals surface area contributed by atoms with E-state index in [1.54, 1.807) is 54.6 Å². The number of unbranched alkanes of at least 4 members (excludes halogenated alkanes) is 2. The summed E-state index contributed by atoms with van der Waals surface area (Å²) in [5, 5.41) is 11.4. The molecule has 1 saturated heterocycles. The van der Waals surface area contributed by atoms with Crippen LogP contribution in [0.1, 0.15) is 57.2 Å². The molecule has 7 nitrogen and oxygen atoms in total. The highest BCUT2D eigenvalue weighted by Crippen LogP contribution is 2.43. The Morgan fingerprint density at radius 1 is 0.795 bits per heavy atom. The lowest BCUT2D eigenvalue weighted by atomic mass is 9.95. The standard InChI is InChI=1S/C32H35NO6/c1-4-7-8-19-39-25-17-15-22(16-18-25)30(34)28-29(23-11-9-13-26(20-23)37-5-2)33(32(36)31(28)35)24-12-10-14-27(21-24)38-6-3/h9-18,20-21,29,34H,4-8,19H2,1-3H3/b30-28+. The zero-order chi connectivity index (χ0) is 27.8. The molecule has 4 rings (SSSR count). The molecule has 3 aromatic rings. The molecule has 0 aromatic heterocycles. The fraction of sp³-hybridized carbons (Fsp3) is 0.312. The number of aliphatic hydroxyl groups is 1. The van der Waals surface area contributed by atoms with Crippen LogP contribution in [0.5, 0.6) is 17.2 Å². The van der Waals surface area contributed by atoms with E-state index in [1.807, 2.05) is 32.0 Å². The molecule has 1 N–H and O–H groups in total. The SMILES string of the molecule is CCCCCOc1ccc(/C(O)=C2\C(=O)C(=O)N(c3cccc(OCC)c3)C2c2cccc(OCC)c2)cc1. The summed E-state index contributed by atoms with van der Waals surface area (Å²) in [5.74, 6) is 0.119. The minimum atomic E-state index is -0.868. The van der Waals surface area contributed by atoms with Crippen LogP contribution in [0, 0.1) is 0 Å². The third kappa shape index (κ3) is 6.25. The topological polar surface area (TPSA) is 85.3 Å². The number of Topliss-reactive ketones (excluding diaryl/α,β-unsaturated/α-hetero) is 1. The highest BCUT2D eigenvalue weighted by Gasteiger charge is 2.47. The molecule has 204 valence electrons. The van der Waals surface area contributed by atoms with E-state index in [0.717, 1.165) is 19.3 Å². The maximum Gasteiger partial charge on any atom is 0.300 e. The van der Waals surface area contributed by atoms with Crippen LogP contribution >= 0.6 is 0 Å². The molecule has 1 amide bonds. The summed E-state index contributed by atoms with van der Waals surface area (Å²) in [5.41, 5.74) is 1.55. The van der Waals surface area contributed by atoms with Gasteiger partial charge in [-0.25, -0.2) is 0 Å². The maximum absolute atomic E-state index is 13.5. The molecule has 0 spiro atoms. The van der Waals surface area contributed by atoms with Crippen LogP contribution in [-0.4, -0.2) is 36.6 Å². The zero-order valence-electron chi connectivity index (χ0n) is 22.7. The molecule has 0 saturated carbocycles. The van der Waals surface area contributed by atoms with E-state index >= 15 is 0 Å². The molecule has 1 unspecified atom stereocenters.